The van der Waals surface area contributed by atoms with Crippen molar-refractivity contribution in [2.45, 2.75) is 6.92 Å². The van der Waals surface area contributed by atoms with Crippen LogP contribution >= 0.6 is 22.6 Å². The Balaban J connectivity index is 2.06. The van der Waals surface area contributed by atoms with Crippen LogP contribution in [0.3, 0.4) is 0 Å². The Labute approximate surface area is 184 Å². The Morgan fingerprint density at radius 2 is 2.13 bits per heavy atom. The Kier molecular flexibility index (Phi) is 6.77. The van der Waals surface area contributed by atoms with Gasteiger partial charge in [-0.2, -0.15) is 0 Å². The third kappa shape index (κ3) is 4.49. The summed E-state index contributed by atoms with van der Waals surface area (Å²) in [5, 5.41) is 3.07. The van der Waals surface area contributed by atoms with Gasteiger partial charge in [0.05, 0.1) is 17.3 Å². The molecule has 0 aliphatic carbocycles. The van der Waals surface area contributed by atoms with E-state index in [1.807, 2.05) is 22.6 Å². The fourth-order valence-electron chi connectivity index (χ4n) is 2.83. The average Bonchev–Trinajstić information content (AvgIpc) is 3.09. The van der Waals surface area contributed by atoms with Gasteiger partial charge in [-0.25, -0.2) is 9.87 Å². The van der Waals surface area contributed by atoms with E-state index in [-0.39, 0.29) is 41.3 Å². The number of hydrogen-bond acceptors (Lipinski definition) is 6. The molecule has 0 aliphatic rings. The molecule has 0 fully saturated rings. The minimum Gasteiger partial charge on any atom is -0.499 e. The van der Waals surface area contributed by atoms with Crippen molar-refractivity contribution in [2.75, 3.05) is 18.5 Å². The van der Waals surface area contributed by atoms with E-state index in [0.29, 0.717) is 9.33 Å². The Hall–Kier alpha value is -2.86. The topological polar surface area (TPSA) is 94.7 Å². The van der Waals surface area contributed by atoms with Gasteiger partial charge < -0.3 is 14.5 Å². The van der Waals surface area contributed by atoms with E-state index in [4.69, 9.17) is 14.0 Å². The molecule has 0 spiro atoms. The molecule has 0 saturated heterocycles. The lowest BCUT2D eigenvalue weighted by Gasteiger charge is -2.17. The Bertz CT molecular complexity index is 1170. The maximum atomic E-state index is 14.4. The molecule has 0 saturated carbocycles. The zero-order chi connectivity index (χ0) is 21.8. The van der Waals surface area contributed by atoms with Crippen molar-refractivity contribution in [1.29, 1.82) is 0 Å². The highest BCUT2D eigenvalue weighted by atomic mass is 127. The van der Waals surface area contributed by atoms with Gasteiger partial charge in [0.1, 0.15) is 36.2 Å². The van der Waals surface area contributed by atoms with E-state index in [9.17, 15) is 14.0 Å². The molecular weight excluding hydrogens is 508 g/mol. The molecule has 3 aromatic rings. The minimum absolute atomic E-state index is 0.00258. The van der Waals surface area contributed by atoms with Crippen LogP contribution in [0, 0.1) is 16.3 Å². The first kappa shape index (κ1) is 21.8. The molecule has 0 aliphatic heterocycles. The SMILES string of the molecule is C=COCCONC(=O)c1c(Nc2ccc(I)cc2F)n(C)c(=O)c2cc(C)oc12. The normalized spacial score (nSPS) is 10.8. The molecule has 2 N–H and O–H groups in total. The maximum Gasteiger partial charge on any atom is 0.282 e. The highest BCUT2D eigenvalue weighted by Crippen LogP contribution is 2.29. The van der Waals surface area contributed by atoms with Gasteiger partial charge in [0.2, 0.25) is 0 Å². The summed E-state index contributed by atoms with van der Waals surface area (Å²) in [6.07, 6.45) is 1.25. The van der Waals surface area contributed by atoms with Crippen molar-refractivity contribution in [3.05, 3.63) is 68.2 Å². The van der Waals surface area contributed by atoms with Crippen molar-refractivity contribution >= 4 is 51.0 Å². The van der Waals surface area contributed by atoms with Crippen LogP contribution in [0.4, 0.5) is 15.9 Å². The van der Waals surface area contributed by atoms with Crippen LogP contribution in [0.1, 0.15) is 16.1 Å². The number of amides is 1. The second-order valence-electron chi connectivity index (χ2n) is 6.25. The van der Waals surface area contributed by atoms with Gasteiger partial charge in [-0.1, -0.05) is 6.58 Å². The molecule has 0 unspecified atom stereocenters. The number of nitrogens with zero attached hydrogens (tertiary/aromatic N) is 1. The molecule has 3 rings (SSSR count). The largest absolute Gasteiger partial charge is 0.499 e. The summed E-state index contributed by atoms with van der Waals surface area (Å²) >= 11 is 1.99. The molecule has 2 heterocycles. The Morgan fingerprint density at radius 3 is 2.83 bits per heavy atom. The van der Waals surface area contributed by atoms with Gasteiger partial charge in [0.15, 0.2) is 5.58 Å². The van der Waals surface area contributed by atoms with Crippen molar-refractivity contribution in [2.24, 2.45) is 7.05 Å². The lowest BCUT2D eigenvalue weighted by molar-refractivity contribution is 0.0145. The molecule has 10 heteroatoms. The standard InChI is InChI=1S/C20H19FIN3O5/c1-4-28-7-8-29-24-19(26)16-17-13(9-11(2)30-17)20(27)25(3)18(16)23-15-6-5-12(22)10-14(15)21/h4-6,9-10,23H,1,7-8H2,2-3H3,(H,24,26). The van der Waals surface area contributed by atoms with Crippen LogP contribution < -0.4 is 16.4 Å². The number of carbonyl (C=O) groups excluding carboxylic acids is 1. The number of furan rings is 1. The van der Waals surface area contributed by atoms with Crippen molar-refractivity contribution < 1.29 is 23.2 Å². The van der Waals surface area contributed by atoms with Crippen molar-refractivity contribution in [3.8, 4) is 0 Å². The summed E-state index contributed by atoms with van der Waals surface area (Å²) < 4.78 is 26.9. The quantitative estimate of drug-likeness (QED) is 0.201. The fourth-order valence-corrected chi connectivity index (χ4v) is 3.29. The second-order valence-corrected chi connectivity index (χ2v) is 7.50. The molecule has 1 amide bonds. The van der Waals surface area contributed by atoms with Gasteiger partial charge in [0, 0.05) is 10.6 Å². The zero-order valence-electron chi connectivity index (χ0n) is 16.3. The molecule has 0 bridgehead atoms. The number of hydrogen-bond donors (Lipinski definition) is 2. The van der Waals surface area contributed by atoms with Crippen molar-refractivity contribution in [3.63, 3.8) is 0 Å². The van der Waals surface area contributed by atoms with E-state index in [0.717, 1.165) is 0 Å². The molecular formula is C20H19FIN3O5. The first-order chi connectivity index (χ1) is 14.3. The van der Waals surface area contributed by atoms with Crippen LogP contribution in [0.25, 0.3) is 11.0 Å². The number of fused-ring (bicyclic) bond motifs is 1. The van der Waals surface area contributed by atoms with Gasteiger partial charge in [-0.15, -0.1) is 0 Å². The number of rotatable bonds is 8. The molecule has 0 atom stereocenters. The molecule has 0 radical (unpaired) electrons. The molecule has 158 valence electrons. The van der Waals surface area contributed by atoms with E-state index >= 15 is 0 Å². The second kappa shape index (κ2) is 9.30. The fraction of sp³-hybridized carbons (Fsp3) is 0.200. The van der Waals surface area contributed by atoms with Crippen LogP contribution in [-0.4, -0.2) is 23.7 Å². The highest BCUT2D eigenvalue weighted by molar-refractivity contribution is 14.1. The summed E-state index contributed by atoms with van der Waals surface area (Å²) in [6.45, 7) is 5.33. The van der Waals surface area contributed by atoms with E-state index in [1.165, 1.54) is 30.0 Å². The third-order valence-corrected chi connectivity index (χ3v) is 4.86. The van der Waals surface area contributed by atoms with Crippen LogP contribution in [0.15, 0.2) is 46.3 Å². The van der Waals surface area contributed by atoms with Crippen molar-refractivity contribution in [1.82, 2.24) is 10.0 Å². The molecule has 2 aromatic heterocycles. The minimum atomic E-state index is -0.669. The highest BCUT2D eigenvalue weighted by Gasteiger charge is 2.25. The number of ether oxygens (including phenoxy) is 1. The summed E-state index contributed by atoms with van der Waals surface area (Å²) in [5.41, 5.74) is 2.07. The number of hydroxylamine groups is 1. The van der Waals surface area contributed by atoms with E-state index in [2.05, 4.69) is 17.4 Å². The lowest BCUT2D eigenvalue weighted by atomic mass is 10.1. The number of nitrogens with one attached hydrogen (secondary N) is 2. The zero-order valence-corrected chi connectivity index (χ0v) is 18.4. The van der Waals surface area contributed by atoms with Crippen LogP contribution in [-0.2, 0) is 16.6 Å². The summed E-state index contributed by atoms with van der Waals surface area (Å²) in [7, 11) is 1.48. The summed E-state index contributed by atoms with van der Waals surface area (Å²) in [6, 6.07) is 6.09. The smallest absolute Gasteiger partial charge is 0.282 e. The summed E-state index contributed by atoms with van der Waals surface area (Å²) in [5.74, 6) is -0.689. The Morgan fingerprint density at radius 1 is 1.37 bits per heavy atom. The summed E-state index contributed by atoms with van der Waals surface area (Å²) in [4.78, 5) is 30.8. The third-order valence-electron chi connectivity index (χ3n) is 4.19. The number of anilines is 2. The lowest BCUT2D eigenvalue weighted by Crippen LogP contribution is -2.30. The van der Waals surface area contributed by atoms with Crippen LogP contribution in [0.2, 0.25) is 0 Å². The average molecular weight is 527 g/mol. The number of halogens is 2. The number of pyridine rings is 1. The predicted octanol–water partition coefficient (Wildman–Crippen LogP) is 3.75. The number of benzene rings is 1. The van der Waals surface area contributed by atoms with E-state index < -0.39 is 17.3 Å². The predicted molar refractivity (Wildman–Crippen MR) is 118 cm³/mol. The van der Waals surface area contributed by atoms with Gasteiger partial charge in [-0.3, -0.25) is 19.0 Å². The first-order valence-corrected chi connectivity index (χ1v) is 9.91. The number of aromatic nitrogens is 1. The molecule has 1 aromatic carbocycles. The number of carbonyl (C=O) groups is 1. The van der Waals surface area contributed by atoms with Crippen LogP contribution in [0.5, 0.6) is 0 Å². The first-order valence-electron chi connectivity index (χ1n) is 8.83. The number of aryl methyl sites for hydroxylation is 1. The van der Waals surface area contributed by atoms with E-state index in [1.54, 1.807) is 19.1 Å². The molecule has 30 heavy (non-hydrogen) atoms. The maximum absolute atomic E-state index is 14.4. The van der Waals surface area contributed by atoms with Gasteiger partial charge >= 0.3 is 0 Å². The van der Waals surface area contributed by atoms with Gasteiger partial charge in [0.25, 0.3) is 11.5 Å². The molecule has 8 nitrogen and oxygen atoms in total. The van der Waals surface area contributed by atoms with Gasteiger partial charge in [-0.05, 0) is 53.8 Å². The monoisotopic (exact) mass is 527 g/mol.